The summed E-state index contributed by atoms with van der Waals surface area (Å²) in [4.78, 5) is 81.5. The molecule has 0 saturated carbocycles. The molecule has 0 heterocycles. The zero-order chi connectivity index (χ0) is 25.9. The molecule has 4 atom stereocenters. The van der Waals surface area contributed by atoms with Crippen molar-refractivity contribution in [3.05, 3.63) is 5.73 Å². The summed E-state index contributed by atoms with van der Waals surface area (Å²) in [5.74, 6) is -8.18. The molecule has 15 heteroatoms. The zero-order valence-corrected chi connectivity index (χ0v) is 21.8. The minimum absolute atomic E-state index is 0. The predicted molar refractivity (Wildman–Crippen MR) is 111 cm³/mol. The Labute approximate surface area is 220 Å². The van der Waals surface area contributed by atoms with Crippen LogP contribution in [0.2, 0.25) is 0 Å². The van der Waals surface area contributed by atoms with Crippen molar-refractivity contribution < 1.29 is 81.6 Å². The van der Waals surface area contributed by atoms with Gasteiger partial charge in [-0.25, -0.2) is 0 Å². The smallest absolute Gasteiger partial charge is 0.305 e. The van der Waals surface area contributed by atoms with Crippen LogP contribution in [0.3, 0.4) is 0 Å². The summed E-state index contributed by atoms with van der Waals surface area (Å²) < 4.78 is 0. The van der Waals surface area contributed by atoms with E-state index in [2.05, 4.69) is 16.0 Å². The molecule has 0 aromatic rings. The van der Waals surface area contributed by atoms with Crippen molar-refractivity contribution in [3.8, 4) is 0 Å². The van der Waals surface area contributed by atoms with Crippen LogP contribution < -0.4 is 16.0 Å². The minimum atomic E-state index is -1.75. The van der Waals surface area contributed by atoms with E-state index < -0.39 is 97.2 Å². The number of amides is 3. The summed E-state index contributed by atoms with van der Waals surface area (Å²) >= 11 is 0. The zero-order valence-electron chi connectivity index (χ0n) is 19.0. The summed E-state index contributed by atoms with van der Waals surface area (Å²) in [6, 6.07) is -5.86. The fourth-order valence-corrected chi connectivity index (χ4v) is 2.60. The summed E-state index contributed by atoms with van der Waals surface area (Å²) in [5, 5.41) is 33.2. The number of carboxylic acid groups (broad SMARTS) is 3. The summed E-state index contributed by atoms with van der Waals surface area (Å²) in [6.45, 7) is 4.17. The first-order valence-corrected chi connectivity index (χ1v) is 9.93. The van der Waals surface area contributed by atoms with Crippen LogP contribution in [0.15, 0.2) is 0 Å². The maximum Gasteiger partial charge on any atom is 0.305 e. The van der Waals surface area contributed by atoms with E-state index in [9.17, 15) is 33.6 Å². The van der Waals surface area contributed by atoms with Crippen molar-refractivity contribution in [2.75, 3.05) is 0 Å². The van der Waals surface area contributed by atoms with E-state index in [1.807, 2.05) is 0 Å². The molecule has 0 aromatic carbocycles. The normalized spacial score (nSPS) is 13.9. The van der Waals surface area contributed by atoms with Crippen molar-refractivity contribution in [1.29, 1.82) is 0 Å². The molecule has 0 fully saturated rings. The predicted octanol–water partition coefficient (Wildman–Crippen LogP) is -1.08. The Bertz CT molecular complexity index is 789. The molecule has 0 bridgehead atoms. The van der Waals surface area contributed by atoms with E-state index in [0.717, 1.165) is 6.92 Å². The third-order valence-electron chi connectivity index (χ3n) is 4.41. The van der Waals surface area contributed by atoms with Crippen LogP contribution in [0.4, 0.5) is 0 Å². The molecule has 0 aliphatic carbocycles. The largest absolute Gasteiger partial charge is 0.666 e. The number of aliphatic carboxylic acids is 3. The topological polar surface area (TPSA) is 240 Å². The van der Waals surface area contributed by atoms with E-state index in [-0.39, 0.29) is 32.7 Å². The van der Waals surface area contributed by atoms with Gasteiger partial charge in [-0.3, -0.25) is 33.6 Å². The van der Waals surface area contributed by atoms with Gasteiger partial charge in [0.05, 0.1) is 12.5 Å². The average molecular weight is 562 g/mol. The van der Waals surface area contributed by atoms with E-state index in [4.69, 9.17) is 21.1 Å². The van der Waals surface area contributed by atoms with Gasteiger partial charge < -0.3 is 37.0 Å². The van der Waals surface area contributed by atoms with Gasteiger partial charge in [0.25, 0.3) is 0 Å². The van der Waals surface area contributed by atoms with Crippen molar-refractivity contribution >= 4 is 41.4 Å². The molecule has 34 heavy (non-hydrogen) atoms. The molecule has 14 nitrogen and oxygen atoms in total. The SMILES string of the molecule is CC(=O)[C@H](CC(=O)O)NC(=O)[C@@H](NC(=O)[C@H](CCC(=O)O)NC(=O)[C@@H]([NH-])CC(=O)O)C(C)C.[Y]. The number of ketones is 1. The Balaban J connectivity index is 0. The molecule has 1 radical (unpaired) electrons. The van der Waals surface area contributed by atoms with Crippen LogP contribution in [-0.2, 0) is 66.3 Å². The first-order chi connectivity index (χ1) is 15.1. The van der Waals surface area contributed by atoms with Gasteiger partial charge >= 0.3 is 17.9 Å². The second-order valence-electron chi connectivity index (χ2n) is 7.64. The molecular formula is C19H29N4O10Y-. The Morgan fingerprint density at radius 3 is 1.65 bits per heavy atom. The monoisotopic (exact) mass is 562 g/mol. The minimum Gasteiger partial charge on any atom is -0.666 e. The number of rotatable bonds is 15. The molecule has 0 aromatic heterocycles. The molecule has 7 N–H and O–H groups in total. The van der Waals surface area contributed by atoms with Crippen LogP contribution >= 0.6 is 0 Å². The quantitative estimate of drug-likeness (QED) is 0.141. The van der Waals surface area contributed by atoms with Crippen LogP contribution in [0, 0.1) is 5.92 Å². The number of carboxylic acids is 3. The van der Waals surface area contributed by atoms with E-state index in [1.165, 1.54) is 0 Å². The van der Waals surface area contributed by atoms with Crippen LogP contribution in [0.5, 0.6) is 0 Å². The van der Waals surface area contributed by atoms with Crippen molar-refractivity contribution in [3.63, 3.8) is 0 Å². The summed E-state index contributed by atoms with van der Waals surface area (Å²) in [5.41, 5.74) is 7.53. The molecule has 189 valence electrons. The van der Waals surface area contributed by atoms with E-state index in [1.54, 1.807) is 13.8 Å². The van der Waals surface area contributed by atoms with Gasteiger partial charge in [0, 0.05) is 45.6 Å². The number of Topliss-reactive ketones (excluding diaryl/α,β-unsaturated/α-hetero) is 1. The Morgan fingerprint density at radius 1 is 0.735 bits per heavy atom. The molecule has 0 aliphatic heterocycles. The van der Waals surface area contributed by atoms with Gasteiger partial charge in [-0.05, 0) is 25.3 Å². The first kappa shape index (κ1) is 33.7. The Kier molecular flexibility index (Phi) is 16.1. The molecule has 0 rings (SSSR count). The van der Waals surface area contributed by atoms with E-state index in [0.29, 0.717) is 0 Å². The molecule has 0 unspecified atom stereocenters. The molecule has 0 spiro atoms. The number of carbonyl (C=O) groups excluding carboxylic acids is 4. The van der Waals surface area contributed by atoms with Gasteiger partial charge in [-0.15, -0.1) is 0 Å². The van der Waals surface area contributed by atoms with Crippen LogP contribution in [0.1, 0.15) is 46.5 Å². The summed E-state index contributed by atoms with van der Waals surface area (Å²) in [6.07, 6.45) is -2.48. The van der Waals surface area contributed by atoms with Crippen LogP contribution in [0.25, 0.3) is 5.73 Å². The summed E-state index contributed by atoms with van der Waals surface area (Å²) in [7, 11) is 0. The van der Waals surface area contributed by atoms with Gasteiger partial charge in [-0.1, -0.05) is 13.8 Å². The molecule has 0 aliphatic rings. The molecule has 0 saturated heterocycles. The third-order valence-corrected chi connectivity index (χ3v) is 4.41. The first-order valence-electron chi connectivity index (χ1n) is 9.93. The number of hydrogen-bond acceptors (Lipinski definition) is 7. The molecular weight excluding hydrogens is 533 g/mol. The fraction of sp³-hybridized carbons (Fsp3) is 0.632. The molecule has 3 amide bonds. The Hall–Kier alpha value is -2.45. The Morgan fingerprint density at radius 2 is 1.24 bits per heavy atom. The van der Waals surface area contributed by atoms with Crippen molar-refractivity contribution in [1.82, 2.24) is 16.0 Å². The van der Waals surface area contributed by atoms with Gasteiger partial charge in [0.15, 0.2) is 5.78 Å². The average Bonchev–Trinajstić information content (AvgIpc) is 2.66. The number of carbonyl (C=O) groups is 7. The second kappa shape index (κ2) is 16.2. The van der Waals surface area contributed by atoms with Crippen molar-refractivity contribution in [2.45, 2.75) is 70.6 Å². The van der Waals surface area contributed by atoms with Crippen LogP contribution in [-0.4, -0.2) is 80.9 Å². The maximum absolute atomic E-state index is 12.7. The number of nitrogens with one attached hydrogen (secondary N) is 4. The van der Waals surface area contributed by atoms with Gasteiger partial charge in [0.1, 0.15) is 12.1 Å². The standard InChI is InChI=1S/C19H29N4O10.Y/c1-8(2)16(19(33)22-12(9(3)24)7-15(29)30)23-18(32)11(4-5-13(25)26)21-17(31)10(20)6-14(27)28;/h8,10-12,16,20H,4-7H2,1-3H3,(H,21,31)(H,22,33)(H,23,32)(H,25,26)(H,27,28)(H,29,30);/q-1;/t10-,11-,12-,16-;/m0./s1. The third kappa shape index (κ3) is 13.3. The van der Waals surface area contributed by atoms with Gasteiger partial charge in [0.2, 0.25) is 17.7 Å². The van der Waals surface area contributed by atoms with Gasteiger partial charge in [-0.2, -0.15) is 0 Å². The maximum atomic E-state index is 12.7. The van der Waals surface area contributed by atoms with E-state index >= 15 is 0 Å². The second-order valence-corrected chi connectivity index (χ2v) is 7.64. The fourth-order valence-electron chi connectivity index (χ4n) is 2.60. The van der Waals surface area contributed by atoms with Crippen molar-refractivity contribution in [2.24, 2.45) is 5.92 Å². The number of hydrogen-bond donors (Lipinski definition) is 6.